The monoisotopic (exact) mass is 652 g/mol. The van der Waals surface area contributed by atoms with Crippen molar-refractivity contribution in [3.63, 3.8) is 0 Å². The lowest BCUT2D eigenvalue weighted by Gasteiger charge is -2.38. The summed E-state index contributed by atoms with van der Waals surface area (Å²) < 4.78 is 82.5. The Labute approximate surface area is 263 Å². The molecule has 2 aromatic carbocycles. The van der Waals surface area contributed by atoms with E-state index in [0.29, 0.717) is 38.8 Å². The number of hydrogen-bond acceptors (Lipinski definition) is 6. The predicted molar refractivity (Wildman–Crippen MR) is 159 cm³/mol. The summed E-state index contributed by atoms with van der Waals surface area (Å²) >= 11 is 0. The third kappa shape index (κ3) is 7.10. The molecular weight excluding hydrogens is 614 g/mol. The third-order valence-corrected chi connectivity index (χ3v) is 9.39. The zero-order chi connectivity index (χ0) is 33.6. The number of rotatable bonds is 7. The normalized spacial score (nSPS) is 22.3. The minimum atomic E-state index is -4.98. The minimum Gasteiger partial charge on any atom is -0.481 e. The zero-order valence-corrected chi connectivity index (χ0v) is 26.2. The van der Waals surface area contributed by atoms with Gasteiger partial charge in [-0.1, -0.05) is 22.8 Å². The summed E-state index contributed by atoms with van der Waals surface area (Å²) in [6.07, 6.45) is -6.00. The standard InChI is InChI=1S/C32H38F6N6O2/c1-19-12-20(2)27-25(13-19)26(6-5-11-43(27)17-21-7-9-30(3,10-8-21)28(45)46)44(29-39-41-42(4)40-29)18-22-14-23(31(33,34)35)16-24(15-22)32(36,37)38/h12-16,21,26H,5-11,17-18H2,1-4H3,(H,45,46)/t21-,26-,30-/m0/s1. The highest BCUT2D eigenvalue weighted by Crippen LogP contribution is 2.44. The van der Waals surface area contributed by atoms with Crippen molar-refractivity contribution in [3.05, 3.63) is 63.7 Å². The molecule has 1 N–H and O–H groups in total. The second kappa shape index (κ2) is 12.4. The molecule has 0 radical (unpaired) electrons. The van der Waals surface area contributed by atoms with Crippen LogP contribution in [-0.4, -0.2) is 44.4 Å². The lowest BCUT2D eigenvalue weighted by molar-refractivity contribution is -0.150. The van der Waals surface area contributed by atoms with Crippen LogP contribution in [0.15, 0.2) is 30.3 Å². The Bertz CT molecular complexity index is 1550. The van der Waals surface area contributed by atoms with Crippen molar-refractivity contribution in [2.45, 2.75) is 84.2 Å². The van der Waals surface area contributed by atoms with Crippen LogP contribution in [-0.2, 0) is 30.7 Å². The van der Waals surface area contributed by atoms with Crippen LogP contribution in [0.5, 0.6) is 0 Å². The van der Waals surface area contributed by atoms with Gasteiger partial charge in [0.1, 0.15) is 0 Å². The van der Waals surface area contributed by atoms with Crippen molar-refractivity contribution in [2.24, 2.45) is 18.4 Å². The Morgan fingerprint density at radius 1 is 1.00 bits per heavy atom. The van der Waals surface area contributed by atoms with Gasteiger partial charge in [-0.25, -0.2) is 0 Å². The molecule has 0 saturated heterocycles. The van der Waals surface area contributed by atoms with Crippen LogP contribution in [0, 0.1) is 25.2 Å². The van der Waals surface area contributed by atoms with E-state index in [0.717, 1.165) is 47.4 Å². The molecule has 3 aromatic rings. The quantitative estimate of drug-likeness (QED) is 0.265. The van der Waals surface area contributed by atoms with Crippen molar-refractivity contribution >= 4 is 17.6 Å². The summed E-state index contributed by atoms with van der Waals surface area (Å²) in [5.74, 6) is -0.403. The van der Waals surface area contributed by atoms with E-state index in [9.17, 15) is 36.2 Å². The number of aliphatic carboxylic acids is 1. The lowest BCUT2D eigenvalue weighted by Crippen LogP contribution is -2.37. The molecule has 1 saturated carbocycles. The van der Waals surface area contributed by atoms with Crippen LogP contribution in [0.1, 0.15) is 84.9 Å². The second-order valence-corrected chi connectivity index (χ2v) is 13.1. The topological polar surface area (TPSA) is 87.4 Å². The molecule has 8 nitrogen and oxygen atoms in total. The average Bonchev–Trinajstić information content (AvgIpc) is 3.31. The van der Waals surface area contributed by atoms with Crippen molar-refractivity contribution < 1.29 is 36.2 Å². The number of carboxylic acids is 1. The molecule has 1 atom stereocenters. The van der Waals surface area contributed by atoms with E-state index in [1.54, 1.807) is 11.8 Å². The number of hydrogen-bond donors (Lipinski definition) is 1. The van der Waals surface area contributed by atoms with Crippen LogP contribution < -0.4 is 9.80 Å². The van der Waals surface area contributed by atoms with Crippen molar-refractivity contribution in [1.82, 2.24) is 20.2 Å². The number of carbonyl (C=O) groups is 1. The number of nitrogens with zero attached hydrogens (tertiary/aromatic N) is 6. The van der Waals surface area contributed by atoms with Gasteiger partial charge in [-0.05, 0) is 105 Å². The van der Waals surface area contributed by atoms with Crippen molar-refractivity contribution in [2.75, 3.05) is 22.9 Å². The average molecular weight is 653 g/mol. The highest BCUT2D eigenvalue weighted by Gasteiger charge is 2.40. The van der Waals surface area contributed by atoms with E-state index in [1.807, 2.05) is 19.9 Å². The molecule has 14 heteroatoms. The van der Waals surface area contributed by atoms with Gasteiger partial charge < -0.3 is 14.9 Å². The van der Waals surface area contributed by atoms with Gasteiger partial charge in [0.05, 0.1) is 29.6 Å². The van der Waals surface area contributed by atoms with Crippen molar-refractivity contribution in [1.29, 1.82) is 0 Å². The van der Waals surface area contributed by atoms with Crippen LogP contribution in [0.25, 0.3) is 0 Å². The maximum atomic E-state index is 13.8. The first kappa shape index (κ1) is 33.5. The molecule has 1 aliphatic heterocycles. The van der Waals surface area contributed by atoms with Gasteiger partial charge >= 0.3 is 18.3 Å². The summed E-state index contributed by atoms with van der Waals surface area (Å²) in [7, 11) is 1.54. The van der Waals surface area contributed by atoms with E-state index in [-0.39, 0.29) is 30.0 Å². The molecule has 2 aliphatic rings. The van der Waals surface area contributed by atoms with Crippen molar-refractivity contribution in [3.8, 4) is 0 Å². The number of carboxylic acid groups (broad SMARTS) is 1. The number of fused-ring (bicyclic) bond motifs is 1. The lowest BCUT2D eigenvalue weighted by atomic mass is 9.71. The maximum Gasteiger partial charge on any atom is 0.416 e. The maximum absolute atomic E-state index is 13.8. The number of alkyl halides is 6. The number of halogens is 6. The fourth-order valence-electron chi connectivity index (χ4n) is 6.97. The smallest absolute Gasteiger partial charge is 0.416 e. The van der Waals surface area contributed by atoms with Gasteiger partial charge in [0, 0.05) is 25.3 Å². The SMILES string of the molecule is Cc1cc(C)c2c(c1)[C@@H](N(Cc1cc(C(F)(F)F)cc(C(F)(F)F)c1)c1nnn(C)n1)CCCN2C[C@H]1CC[C@](C)(C(=O)O)CC1. The fraction of sp³-hybridized carbons (Fsp3) is 0.562. The van der Waals surface area contributed by atoms with Gasteiger partial charge in [-0.15, -0.1) is 5.10 Å². The molecule has 5 rings (SSSR count). The predicted octanol–water partition coefficient (Wildman–Crippen LogP) is 7.49. The minimum absolute atomic E-state index is 0.0947. The molecule has 1 aliphatic carbocycles. The van der Waals surface area contributed by atoms with Crippen LogP contribution in [0.3, 0.4) is 0 Å². The van der Waals surface area contributed by atoms with Crippen LogP contribution in [0.2, 0.25) is 0 Å². The van der Waals surface area contributed by atoms with Crippen LogP contribution >= 0.6 is 0 Å². The summed E-state index contributed by atoms with van der Waals surface area (Å²) in [5.41, 5.74) is 0.146. The first-order valence-corrected chi connectivity index (χ1v) is 15.3. The van der Waals surface area contributed by atoms with E-state index in [2.05, 4.69) is 26.4 Å². The number of benzene rings is 2. The van der Waals surface area contributed by atoms with Gasteiger partial charge in [0.2, 0.25) is 0 Å². The second-order valence-electron chi connectivity index (χ2n) is 13.1. The first-order chi connectivity index (χ1) is 21.4. The van der Waals surface area contributed by atoms with E-state index >= 15 is 0 Å². The molecule has 0 spiro atoms. The van der Waals surface area contributed by atoms with E-state index in [4.69, 9.17) is 0 Å². The molecule has 0 unspecified atom stereocenters. The molecule has 2 heterocycles. The third-order valence-electron chi connectivity index (χ3n) is 9.39. The Hall–Kier alpha value is -3.84. The largest absolute Gasteiger partial charge is 0.481 e. The van der Waals surface area contributed by atoms with E-state index < -0.39 is 40.9 Å². The summed E-state index contributed by atoms with van der Waals surface area (Å²) in [5, 5.41) is 22.1. The Morgan fingerprint density at radius 3 is 2.17 bits per heavy atom. The Balaban J connectivity index is 1.55. The highest BCUT2D eigenvalue weighted by molar-refractivity contribution is 5.74. The molecule has 0 bridgehead atoms. The molecule has 46 heavy (non-hydrogen) atoms. The fourth-order valence-corrected chi connectivity index (χ4v) is 6.97. The Morgan fingerprint density at radius 2 is 1.63 bits per heavy atom. The summed E-state index contributed by atoms with van der Waals surface area (Å²) in [6, 6.07) is 5.22. The number of aryl methyl sites for hydroxylation is 3. The molecule has 0 amide bonds. The number of tetrazole rings is 1. The van der Waals surface area contributed by atoms with E-state index in [1.165, 1.54) is 11.8 Å². The van der Waals surface area contributed by atoms with Gasteiger partial charge in [-0.2, -0.15) is 31.1 Å². The highest BCUT2D eigenvalue weighted by atomic mass is 19.4. The van der Waals surface area contributed by atoms with Gasteiger partial charge in [0.15, 0.2) is 0 Å². The Kier molecular flexibility index (Phi) is 9.04. The van der Waals surface area contributed by atoms with Gasteiger partial charge in [0.25, 0.3) is 5.95 Å². The zero-order valence-electron chi connectivity index (χ0n) is 26.2. The number of aromatic nitrogens is 4. The summed E-state index contributed by atoms with van der Waals surface area (Å²) in [4.78, 5) is 17.0. The molecule has 250 valence electrons. The molecular formula is C32H38F6N6O2. The van der Waals surface area contributed by atoms with Gasteiger partial charge in [-0.3, -0.25) is 4.79 Å². The van der Waals surface area contributed by atoms with Crippen LogP contribution in [0.4, 0.5) is 38.0 Å². The molecule has 1 fully saturated rings. The molecule has 1 aromatic heterocycles. The number of anilines is 2. The first-order valence-electron chi connectivity index (χ1n) is 15.3. The summed E-state index contributed by atoms with van der Waals surface area (Å²) in [6.45, 7) is 6.82.